The number of aromatic nitrogens is 3. The van der Waals surface area contributed by atoms with E-state index in [9.17, 15) is 0 Å². The van der Waals surface area contributed by atoms with Crippen molar-refractivity contribution >= 4 is 0 Å². The standard InChI is InChI=1S/C20H29N5/c1-16-21-20(23-22-16)19-10-11-24(15-18-7-8-18)13-14-25(19)12-9-17-5-3-2-4-6-17/h2-6,18-19H,7-15H2,1H3,(H,21,22,23). The second-order valence-corrected chi connectivity index (χ2v) is 7.60. The predicted octanol–water partition coefficient (Wildman–Crippen LogP) is 2.81. The number of hydrogen-bond acceptors (Lipinski definition) is 4. The van der Waals surface area contributed by atoms with Gasteiger partial charge in [0.2, 0.25) is 0 Å². The summed E-state index contributed by atoms with van der Waals surface area (Å²) in [5.41, 5.74) is 1.41. The molecule has 1 unspecified atom stereocenters. The van der Waals surface area contributed by atoms with Crippen LogP contribution in [-0.4, -0.2) is 57.7 Å². The zero-order valence-electron chi connectivity index (χ0n) is 15.2. The van der Waals surface area contributed by atoms with Crippen molar-refractivity contribution in [2.75, 3.05) is 32.7 Å². The molecule has 0 spiro atoms. The third kappa shape index (κ3) is 4.47. The molecule has 1 N–H and O–H groups in total. The second-order valence-electron chi connectivity index (χ2n) is 7.60. The van der Waals surface area contributed by atoms with Crippen molar-refractivity contribution < 1.29 is 0 Å². The molecule has 0 bridgehead atoms. The first kappa shape index (κ1) is 16.7. The quantitative estimate of drug-likeness (QED) is 0.879. The summed E-state index contributed by atoms with van der Waals surface area (Å²) in [6, 6.07) is 11.1. The van der Waals surface area contributed by atoms with Gasteiger partial charge in [-0.15, -0.1) is 0 Å². The largest absolute Gasteiger partial charge is 0.302 e. The highest BCUT2D eigenvalue weighted by Crippen LogP contribution is 2.31. The molecule has 2 aromatic rings. The van der Waals surface area contributed by atoms with Crippen LogP contribution in [0.1, 0.15) is 42.5 Å². The van der Waals surface area contributed by atoms with Gasteiger partial charge in [-0.25, -0.2) is 4.98 Å². The summed E-state index contributed by atoms with van der Waals surface area (Å²) >= 11 is 0. The SMILES string of the molecule is Cc1nc(C2CCN(CC3CC3)CCN2CCc2ccccc2)n[nH]1. The Balaban J connectivity index is 1.45. The maximum Gasteiger partial charge on any atom is 0.167 e. The third-order valence-corrected chi connectivity index (χ3v) is 5.52. The Bertz CT molecular complexity index is 664. The molecular formula is C20H29N5. The molecule has 0 amide bonds. The second kappa shape index (κ2) is 7.67. The smallest absolute Gasteiger partial charge is 0.167 e. The summed E-state index contributed by atoms with van der Waals surface area (Å²) in [6.07, 6.45) is 5.07. The van der Waals surface area contributed by atoms with Gasteiger partial charge in [0, 0.05) is 32.7 Å². The van der Waals surface area contributed by atoms with Crippen molar-refractivity contribution in [1.82, 2.24) is 25.0 Å². The van der Waals surface area contributed by atoms with Gasteiger partial charge >= 0.3 is 0 Å². The van der Waals surface area contributed by atoms with E-state index in [0.29, 0.717) is 6.04 Å². The minimum atomic E-state index is 0.331. The lowest BCUT2D eigenvalue weighted by Gasteiger charge is -2.27. The Labute approximate surface area is 150 Å². The lowest BCUT2D eigenvalue weighted by atomic mass is 10.1. The van der Waals surface area contributed by atoms with Gasteiger partial charge in [0.15, 0.2) is 5.82 Å². The first-order valence-corrected chi connectivity index (χ1v) is 9.67. The van der Waals surface area contributed by atoms with E-state index in [0.717, 1.165) is 50.0 Å². The van der Waals surface area contributed by atoms with E-state index in [1.54, 1.807) is 0 Å². The van der Waals surface area contributed by atoms with Crippen LogP contribution in [0.4, 0.5) is 0 Å². The van der Waals surface area contributed by atoms with E-state index in [1.807, 2.05) is 6.92 Å². The van der Waals surface area contributed by atoms with E-state index in [2.05, 4.69) is 55.3 Å². The zero-order chi connectivity index (χ0) is 17.1. The summed E-state index contributed by atoms with van der Waals surface area (Å²) in [7, 11) is 0. The molecule has 5 nitrogen and oxygen atoms in total. The van der Waals surface area contributed by atoms with Crippen LogP contribution in [0.3, 0.4) is 0 Å². The van der Waals surface area contributed by atoms with Crippen LogP contribution in [0, 0.1) is 12.8 Å². The number of hydrogen-bond donors (Lipinski definition) is 1. The Kier molecular flexibility index (Phi) is 5.13. The highest BCUT2D eigenvalue weighted by molar-refractivity contribution is 5.15. The molecule has 134 valence electrons. The lowest BCUT2D eigenvalue weighted by Crippen LogP contribution is -2.34. The molecule has 1 aromatic carbocycles. The van der Waals surface area contributed by atoms with Crippen LogP contribution in [-0.2, 0) is 6.42 Å². The van der Waals surface area contributed by atoms with Crippen molar-refractivity contribution in [3.8, 4) is 0 Å². The molecule has 1 aliphatic carbocycles. The van der Waals surface area contributed by atoms with Gasteiger partial charge in [0.25, 0.3) is 0 Å². The normalized spacial score (nSPS) is 22.8. The number of nitrogens with one attached hydrogen (secondary N) is 1. The minimum absolute atomic E-state index is 0.331. The van der Waals surface area contributed by atoms with Crippen molar-refractivity contribution in [2.24, 2.45) is 5.92 Å². The molecule has 1 atom stereocenters. The van der Waals surface area contributed by atoms with Crippen LogP contribution < -0.4 is 0 Å². The number of H-pyrrole nitrogens is 1. The number of rotatable bonds is 6. The lowest BCUT2D eigenvalue weighted by molar-refractivity contribution is 0.198. The van der Waals surface area contributed by atoms with E-state index < -0.39 is 0 Å². The summed E-state index contributed by atoms with van der Waals surface area (Å²) < 4.78 is 0. The van der Waals surface area contributed by atoms with Crippen LogP contribution in [0.15, 0.2) is 30.3 Å². The van der Waals surface area contributed by atoms with Crippen LogP contribution in [0.5, 0.6) is 0 Å². The van der Waals surface area contributed by atoms with Crippen LogP contribution in [0.2, 0.25) is 0 Å². The van der Waals surface area contributed by atoms with E-state index in [1.165, 1.54) is 31.5 Å². The molecular weight excluding hydrogens is 310 g/mol. The molecule has 2 heterocycles. The van der Waals surface area contributed by atoms with Gasteiger partial charge < -0.3 is 4.90 Å². The van der Waals surface area contributed by atoms with Gasteiger partial charge in [-0.3, -0.25) is 10.00 Å². The number of aryl methyl sites for hydroxylation is 1. The molecule has 5 heteroatoms. The van der Waals surface area contributed by atoms with Crippen molar-refractivity contribution in [1.29, 1.82) is 0 Å². The monoisotopic (exact) mass is 339 g/mol. The Morgan fingerprint density at radius 1 is 1.08 bits per heavy atom. The molecule has 2 aliphatic rings. The first-order valence-electron chi connectivity index (χ1n) is 9.67. The summed E-state index contributed by atoms with van der Waals surface area (Å²) in [5, 5.41) is 7.52. The van der Waals surface area contributed by atoms with Crippen LogP contribution >= 0.6 is 0 Å². The molecule has 2 fully saturated rings. The maximum absolute atomic E-state index is 4.65. The Morgan fingerprint density at radius 3 is 2.64 bits per heavy atom. The van der Waals surface area contributed by atoms with E-state index in [4.69, 9.17) is 0 Å². The number of benzene rings is 1. The molecule has 1 aliphatic heterocycles. The number of nitrogens with zero attached hydrogens (tertiary/aromatic N) is 4. The van der Waals surface area contributed by atoms with Gasteiger partial charge in [0.05, 0.1) is 6.04 Å². The fourth-order valence-electron chi connectivity index (χ4n) is 3.86. The molecule has 4 rings (SSSR count). The summed E-state index contributed by atoms with van der Waals surface area (Å²) in [5.74, 6) is 2.84. The average molecular weight is 339 g/mol. The minimum Gasteiger partial charge on any atom is -0.302 e. The van der Waals surface area contributed by atoms with E-state index in [-0.39, 0.29) is 0 Å². The number of aromatic amines is 1. The first-order chi connectivity index (χ1) is 12.3. The van der Waals surface area contributed by atoms with Crippen molar-refractivity contribution in [3.05, 3.63) is 47.5 Å². The third-order valence-electron chi connectivity index (χ3n) is 5.52. The van der Waals surface area contributed by atoms with Gasteiger partial charge in [0.1, 0.15) is 5.82 Å². The molecule has 25 heavy (non-hydrogen) atoms. The summed E-state index contributed by atoms with van der Waals surface area (Å²) in [4.78, 5) is 9.91. The Hall–Kier alpha value is -1.72. The summed E-state index contributed by atoms with van der Waals surface area (Å²) in [6.45, 7) is 7.78. The Morgan fingerprint density at radius 2 is 1.92 bits per heavy atom. The predicted molar refractivity (Wildman–Crippen MR) is 99.4 cm³/mol. The topological polar surface area (TPSA) is 48.1 Å². The van der Waals surface area contributed by atoms with Gasteiger partial charge in [-0.1, -0.05) is 30.3 Å². The average Bonchev–Trinajstić information content (AvgIpc) is 3.39. The maximum atomic E-state index is 4.65. The van der Waals surface area contributed by atoms with Crippen LogP contribution in [0.25, 0.3) is 0 Å². The molecule has 0 radical (unpaired) electrons. The van der Waals surface area contributed by atoms with Gasteiger partial charge in [-0.2, -0.15) is 5.10 Å². The highest BCUT2D eigenvalue weighted by atomic mass is 15.3. The molecule has 1 aromatic heterocycles. The van der Waals surface area contributed by atoms with Gasteiger partial charge in [-0.05, 0) is 44.1 Å². The fraction of sp³-hybridized carbons (Fsp3) is 0.600. The molecule has 1 saturated carbocycles. The highest BCUT2D eigenvalue weighted by Gasteiger charge is 2.30. The van der Waals surface area contributed by atoms with Crippen molar-refractivity contribution in [3.63, 3.8) is 0 Å². The van der Waals surface area contributed by atoms with Crippen molar-refractivity contribution in [2.45, 2.75) is 38.6 Å². The zero-order valence-corrected chi connectivity index (χ0v) is 15.2. The fourth-order valence-corrected chi connectivity index (χ4v) is 3.86. The van der Waals surface area contributed by atoms with E-state index >= 15 is 0 Å². The molecule has 1 saturated heterocycles.